The summed E-state index contributed by atoms with van der Waals surface area (Å²) in [4.78, 5) is 19.8. The Morgan fingerprint density at radius 3 is 2.94 bits per heavy atom. The molecule has 0 bridgehead atoms. The van der Waals surface area contributed by atoms with E-state index in [1.54, 1.807) is 17.1 Å². The molecule has 7 nitrogen and oxygen atoms in total. The summed E-state index contributed by atoms with van der Waals surface area (Å²) >= 11 is 6.40. The van der Waals surface area contributed by atoms with Gasteiger partial charge in [0.25, 0.3) is 0 Å². The number of rotatable bonds is 4. The highest BCUT2D eigenvalue weighted by molar-refractivity contribution is 9.11. The maximum atomic E-state index is 11.7. The van der Waals surface area contributed by atoms with Crippen LogP contribution in [0, 0.1) is 0 Å². The van der Waals surface area contributed by atoms with Gasteiger partial charge in [0.05, 0.1) is 18.9 Å². The van der Waals surface area contributed by atoms with E-state index in [0.29, 0.717) is 21.6 Å². The maximum Gasteiger partial charge on any atom is 0.227 e. The molecular weight excluding hydrogens is 368 g/mol. The highest BCUT2D eigenvalue weighted by Gasteiger charge is 2.08. The van der Waals surface area contributed by atoms with Crippen molar-refractivity contribution in [2.75, 3.05) is 5.32 Å². The molecule has 0 spiro atoms. The molecule has 0 atom stereocenters. The number of nitrogens with zero attached hydrogens (tertiary/aromatic N) is 5. The second-order valence-electron chi connectivity index (χ2n) is 3.30. The summed E-state index contributed by atoms with van der Waals surface area (Å²) in [6.45, 7) is 0.466. The lowest BCUT2D eigenvalue weighted by Crippen LogP contribution is -2.16. The molecule has 0 saturated heterocycles. The Kier molecular flexibility index (Phi) is 4.37. The van der Waals surface area contributed by atoms with Crippen LogP contribution in [0.1, 0.15) is 6.42 Å². The van der Waals surface area contributed by atoms with Gasteiger partial charge in [-0.1, -0.05) is 5.21 Å². The molecule has 0 radical (unpaired) electrons. The van der Waals surface area contributed by atoms with E-state index in [2.05, 4.69) is 57.5 Å². The standard InChI is InChI=1S/C9H8Br2N6O/c10-6-5-12-9(8(11)14-6)15-7(18)1-3-17-4-2-13-16-17/h2,4-5H,1,3H2,(H,12,15,18). The van der Waals surface area contributed by atoms with E-state index in [-0.39, 0.29) is 12.3 Å². The van der Waals surface area contributed by atoms with Gasteiger partial charge in [-0.15, -0.1) is 5.10 Å². The third-order valence-electron chi connectivity index (χ3n) is 2.00. The Morgan fingerprint density at radius 1 is 1.44 bits per heavy atom. The van der Waals surface area contributed by atoms with Gasteiger partial charge < -0.3 is 5.32 Å². The molecule has 0 aromatic carbocycles. The Bertz CT molecular complexity index is 544. The van der Waals surface area contributed by atoms with Gasteiger partial charge in [0.2, 0.25) is 5.91 Å². The Labute approximate surface area is 119 Å². The van der Waals surface area contributed by atoms with Crippen LogP contribution in [0.2, 0.25) is 0 Å². The van der Waals surface area contributed by atoms with Crippen molar-refractivity contribution < 1.29 is 4.79 Å². The number of hydrogen-bond acceptors (Lipinski definition) is 5. The number of carbonyl (C=O) groups excluding carboxylic acids is 1. The van der Waals surface area contributed by atoms with E-state index in [4.69, 9.17) is 0 Å². The molecule has 0 saturated carbocycles. The molecular formula is C9H8Br2N6O. The van der Waals surface area contributed by atoms with E-state index >= 15 is 0 Å². The zero-order valence-corrected chi connectivity index (χ0v) is 12.2. The van der Waals surface area contributed by atoms with Crippen molar-refractivity contribution in [3.8, 4) is 0 Å². The van der Waals surface area contributed by atoms with Crippen LogP contribution >= 0.6 is 31.9 Å². The van der Waals surface area contributed by atoms with Gasteiger partial charge in [0.1, 0.15) is 9.21 Å². The third kappa shape index (κ3) is 3.57. The largest absolute Gasteiger partial charge is 0.308 e. The summed E-state index contributed by atoms with van der Waals surface area (Å²) in [5.41, 5.74) is 0. The van der Waals surface area contributed by atoms with Crippen molar-refractivity contribution in [1.29, 1.82) is 0 Å². The van der Waals surface area contributed by atoms with Crippen LogP contribution in [0.25, 0.3) is 0 Å². The van der Waals surface area contributed by atoms with Crippen LogP contribution in [-0.4, -0.2) is 30.9 Å². The highest BCUT2D eigenvalue weighted by atomic mass is 79.9. The molecule has 2 aromatic rings. The number of halogens is 2. The van der Waals surface area contributed by atoms with Crippen LogP contribution < -0.4 is 5.32 Å². The van der Waals surface area contributed by atoms with Crippen LogP contribution in [0.15, 0.2) is 27.8 Å². The number of aromatic nitrogens is 5. The topological polar surface area (TPSA) is 85.6 Å². The lowest BCUT2D eigenvalue weighted by Gasteiger charge is -2.05. The molecule has 9 heteroatoms. The fraction of sp³-hybridized carbons (Fsp3) is 0.222. The summed E-state index contributed by atoms with van der Waals surface area (Å²) in [6, 6.07) is 0. The first-order valence-electron chi connectivity index (χ1n) is 4.97. The Hall–Kier alpha value is -1.35. The van der Waals surface area contributed by atoms with Crippen molar-refractivity contribution in [1.82, 2.24) is 25.0 Å². The summed E-state index contributed by atoms with van der Waals surface area (Å²) in [5, 5.41) is 10.1. The van der Waals surface area contributed by atoms with Crippen molar-refractivity contribution >= 4 is 43.6 Å². The number of anilines is 1. The minimum Gasteiger partial charge on any atom is -0.308 e. The first-order valence-corrected chi connectivity index (χ1v) is 6.56. The molecule has 2 heterocycles. The van der Waals surface area contributed by atoms with Gasteiger partial charge >= 0.3 is 0 Å². The van der Waals surface area contributed by atoms with E-state index in [0.717, 1.165) is 0 Å². The predicted octanol–water partition coefficient (Wildman–Crippen LogP) is 1.62. The molecule has 2 rings (SSSR count). The maximum absolute atomic E-state index is 11.7. The fourth-order valence-corrected chi connectivity index (χ4v) is 2.10. The second-order valence-corrected chi connectivity index (χ2v) is 4.86. The Morgan fingerprint density at radius 2 is 2.28 bits per heavy atom. The normalized spacial score (nSPS) is 10.3. The van der Waals surface area contributed by atoms with Gasteiger partial charge in [-0.3, -0.25) is 9.48 Å². The van der Waals surface area contributed by atoms with Crippen molar-refractivity contribution in [3.05, 3.63) is 27.8 Å². The molecule has 0 aliphatic heterocycles. The van der Waals surface area contributed by atoms with Crippen LogP contribution in [0.3, 0.4) is 0 Å². The SMILES string of the molecule is O=C(CCn1ccnn1)Nc1ncc(Br)nc1Br. The van der Waals surface area contributed by atoms with E-state index in [1.807, 2.05) is 0 Å². The minimum absolute atomic E-state index is 0.164. The van der Waals surface area contributed by atoms with Crippen molar-refractivity contribution in [3.63, 3.8) is 0 Å². The predicted molar refractivity (Wildman–Crippen MR) is 70.7 cm³/mol. The Balaban J connectivity index is 1.91. The molecule has 1 N–H and O–H groups in total. The molecule has 0 unspecified atom stereocenters. The first kappa shape index (κ1) is 13.1. The quantitative estimate of drug-likeness (QED) is 0.877. The smallest absolute Gasteiger partial charge is 0.227 e. The second kappa shape index (κ2) is 6.01. The first-order chi connectivity index (χ1) is 8.65. The minimum atomic E-state index is -0.164. The van der Waals surface area contributed by atoms with E-state index in [9.17, 15) is 4.79 Å². The van der Waals surface area contributed by atoms with Crippen LogP contribution in [0.5, 0.6) is 0 Å². The third-order valence-corrected chi connectivity index (χ3v) is 2.93. The summed E-state index contributed by atoms with van der Waals surface area (Å²) in [5.74, 6) is 0.226. The molecule has 94 valence electrons. The number of hydrogen-bond donors (Lipinski definition) is 1. The summed E-state index contributed by atoms with van der Waals surface area (Å²) in [7, 11) is 0. The number of carbonyl (C=O) groups is 1. The molecule has 0 fully saturated rings. The number of nitrogens with one attached hydrogen (secondary N) is 1. The number of amides is 1. The zero-order valence-electron chi connectivity index (χ0n) is 9.05. The average Bonchev–Trinajstić information content (AvgIpc) is 2.83. The summed E-state index contributed by atoms with van der Waals surface area (Å²) in [6.07, 6.45) is 5.06. The van der Waals surface area contributed by atoms with Gasteiger partial charge in [-0.2, -0.15) is 0 Å². The van der Waals surface area contributed by atoms with Gasteiger partial charge in [-0.05, 0) is 31.9 Å². The van der Waals surface area contributed by atoms with Crippen LogP contribution in [0.4, 0.5) is 5.82 Å². The lowest BCUT2D eigenvalue weighted by atomic mass is 10.4. The van der Waals surface area contributed by atoms with Crippen molar-refractivity contribution in [2.24, 2.45) is 0 Å². The van der Waals surface area contributed by atoms with Crippen LogP contribution in [-0.2, 0) is 11.3 Å². The average molecular weight is 376 g/mol. The zero-order chi connectivity index (χ0) is 13.0. The number of aryl methyl sites for hydroxylation is 1. The molecule has 0 aliphatic rings. The fourth-order valence-electron chi connectivity index (χ4n) is 1.19. The summed E-state index contributed by atoms with van der Waals surface area (Å²) < 4.78 is 2.66. The van der Waals surface area contributed by atoms with Gasteiger partial charge in [0, 0.05) is 12.6 Å². The van der Waals surface area contributed by atoms with Gasteiger partial charge in [-0.25, -0.2) is 9.97 Å². The molecule has 18 heavy (non-hydrogen) atoms. The van der Waals surface area contributed by atoms with Crippen molar-refractivity contribution in [2.45, 2.75) is 13.0 Å². The van der Waals surface area contributed by atoms with E-state index in [1.165, 1.54) is 6.20 Å². The van der Waals surface area contributed by atoms with E-state index < -0.39 is 0 Å². The highest BCUT2D eigenvalue weighted by Crippen LogP contribution is 2.19. The monoisotopic (exact) mass is 374 g/mol. The lowest BCUT2D eigenvalue weighted by molar-refractivity contribution is -0.116. The molecule has 2 aromatic heterocycles. The van der Waals surface area contributed by atoms with Gasteiger partial charge in [0.15, 0.2) is 5.82 Å². The molecule has 1 amide bonds. The molecule has 0 aliphatic carbocycles.